The summed E-state index contributed by atoms with van der Waals surface area (Å²) in [6.07, 6.45) is 2.11. The normalized spacial score (nSPS) is 11.6. The molecule has 2 N–H and O–H groups in total. The lowest BCUT2D eigenvalue weighted by Crippen LogP contribution is -2.41. The number of aromatic nitrogens is 1. The van der Waals surface area contributed by atoms with E-state index in [9.17, 15) is 9.59 Å². The van der Waals surface area contributed by atoms with Gasteiger partial charge >= 0.3 is 5.97 Å². The number of hydrogen-bond acceptors (Lipinski definition) is 6. The summed E-state index contributed by atoms with van der Waals surface area (Å²) in [4.78, 5) is 27.9. The SMILES string of the molecule is COC(=O)C(Cc1ccc(NCc2cnc(Cl)s2)cc1)NC(C)=O. The van der Waals surface area contributed by atoms with Gasteiger partial charge in [-0.15, -0.1) is 11.3 Å². The minimum Gasteiger partial charge on any atom is -0.467 e. The third-order valence-electron chi connectivity index (χ3n) is 3.25. The molecule has 24 heavy (non-hydrogen) atoms. The molecule has 1 heterocycles. The van der Waals surface area contributed by atoms with E-state index in [1.165, 1.54) is 25.4 Å². The molecule has 0 saturated heterocycles. The van der Waals surface area contributed by atoms with E-state index in [0.29, 0.717) is 17.4 Å². The number of nitrogens with one attached hydrogen (secondary N) is 2. The van der Waals surface area contributed by atoms with Crippen LogP contribution in [0.4, 0.5) is 5.69 Å². The zero-order valence-electron chi connectivity index (χ0n) is 13.3. The van der Waals surface area contributed by atoms with E-state index in [1.807, 2.05) is 24.3 Å². The van der Waals surface area contributed by atoms with Gasteiger partial charge in [-0.1, -0.05) is 23.7 Å². The Kier molecular flexibility index (Phi) is 6.57. The van der Waals surface area contributed by atoms with E-state index >= 15 is 0 Å². The summed E-state index contributed by atoms with van der Waals surface area (Å²) in [5, 5.41) is 5.87. The van der Waals surface area contributed by atoms with Gasteiger partial charge in [0.05, 0.1) is 13.7 Å². The molecule has 0 spiro atoms. The lowest BCUT2D eigenvalue weighted by molar-refractivity contribution is -0.144. The lowest BCUT2D eigenvalue weighted by atomic mass is 10.1. The summed E-state index contributed by atoms with van der Waals surface area (Å²) in [6.45, 7) is 2.01. The molecule has 1 atom stereocenters. The van der Waals surface area contributed by atoms with Crippen LogP contribution in [0.1, 0.15) is 17.4 Å². The lowest BCUT2D eigenvalue weighted by Gasteiger charge is -2.15. The molecule has 128 valence electrons. The molecule has 1 amide bonds. The fraction of sp³-hybridized carbons (Fsp3) is 0.312. The molecular weight excluding hydrogens is 350 g/mol. The second-order valence-electron chi connectivity index (χ2n) is 5.11. The standard InChI is InChI=1S/C16H18ClN3O3S/c1-10(21)20-14(15(22)23-2)7-11-3-5-12(6-4-11)18-8-13-9-19-16(17)24-13/h3-6,9,14,18H,7-8H2,1-2H3,(H,20,21). The number of nitrogens with zero attached hydrogens (tertiary/aromatic N) is 1. The maximum absolute atomic E-state index is 11.7. The second kappa shape index (κ2) is 8.65. The predicted molar refractivity (Wildman–Crippen MR) is 94.2 cm³/mol. The van der Waals surface area contributed by atoms with Crippen molar-refractivity contribution in [2.45, 2.75) is 25.9 Å². The zero-order valence-corrected chi connectivity index (χ0v) is 14.9. The van der Waals surface area contributed by atoms with E-state index in [0.717, 1.165) is 16.1 Å². The number of esters is 1. The molecular formula is C16H18ClN3O3S. The van der Waals surface area contributed by atoms with Gasteiger partial charge in [-0.05, 0) is 17.7 Å². The van der Waals surface area contributed by atoms with Crippen LogP contribution >= 0.6 is 22.9 Å². The third kappa shape index (κ3) is 5.50. The second-order valence-corrected chi connectivity index (χ2v) is 6.81. The topological polar surface area (TPSA) is 80.3 Å². The monoisotopic (exact) mass is 367 g/mol. The van der Waals surface area contributed by atoms with Crippen LogP contribution < -0.4 is 10.6 Å². The van der Waals surface area contributed by atoms with Crippen molar-refractivity contribution in [3.05, 3.63) is 45.4 Å². The highest BCUT2D eigenvalue weighted by atomic mass is 35.5. The fourth-order valence-corrected chi connectivity index (χ4v) is 3.05. The Morgan fingerprint density at radius 2 is 2.04 bits per heavy atom. The van der Waals surface area contributed by atoms with Gasteiger partial charge in [0.25, 0.3) is 0 Å². The zero-order chi connectivity index (χ0) is 17.5. The van der Waals surface area contributed by atoms with Crippen LogP contribution in [-0.4, -0.2) is 30.0 Å². The van der Waals surface area contributed by atoms with Gasteiger partial charge in [0, 0.05) is 30.1 Å². The summed E-state index contributed by atoms with van der Waals surface area (Å²) >= 11 is 7.23. The quantitative estimate of drug-likeness (QED) is 0.735. The van der Waals surface area contributed by atoms with Crippen LogP contribution in [0, 0.1) is 0 Å². The van der Waals surface area contributed by atoms with E-state index in [4.69, 9.17) is 16.3 Å². The number of carbonyl (C=O) groups is 2. The summed E-state index contributed by atoms with van der Waals surface area (Å²) < 4.78 is 5.24. The number of hydrogen-bond donors (Lipinski definition) is 2. The molecule has 0 radical (unpaired) electrons. The van der Waals surface area contributed by atoms with Gasteiger partial charge in [0.15, 0.2) is 4.47 Å². The van der Waals surface area contributed by atoms with Gasteiger partial charge in [-0.25, -0.2) is 9.78 Å². The Morgan fingerprint density at radius 3 is 2.58 bits per heavy atom. The molecule has 0 saturated carbocycles. The van der Waals surface area contributed by atoms with Crippen LogP contribution in [0.2, 0.25) is 4.47 Å². The summed E-state index contributed by atoms with van der Waals surface area (Å²) in [5.41, 5.74) is 1.86. The number of anilines is 1. The van der Waals surface area contributed by atoms with E-state index in [-0.39, 0.29) is 5.91 Å². The molecule has 0 bridgehead atoms. The Labute approximate surface area is 149 Å². The highest BCUT2D eigenvalue weighted by Gasteiger charge is 2.20. The van der Waals surface area contributed by atoms with E-state index < -0.39 is 12.0 Å². The highest BCUT2D eigenvalue weighted by molar-refractivity contribution is 7.15. The maximum Gasteiger partial charge on any atom is 0.328 e. The number of thiazole rings is 1. The summed E-state index contributed by atoms with van der Waals surface area (Å²) in [6, 6.07) is 6.95. The maximum atomic E-state index is 11.7. The van der Waals surface area contributed by atoms with Crippen molar-refractivity contribution in [1.29, 1.82) is 0 Å². The first-order valence-electron chi connectivity index (χ1n) is 7.26. The number of rotatable bonds is 7. The van der Waals surface area contributed by atoms with Gasteiger partial charge in [-0.3, -0.25) is 4.79 Å². The number of amides is 1. The van der Waals surface area contributed by atoms with Gasteiger partial charge in [-0.2, -0.15) is 0 Å². The molecule has 2 rings (SSSR count). The molecule has 2 aromatic rings. The number of carbonyl (C=O) groups excluding carboxylic acids is 2. The molecule has 0 aliphatic rings. The largest absolute Gasteiger partial charge is 0.467 e. The van der Waals surface area contributed by atoms with Crippen molar-refractivity contribution in [3.63, 3.8) is 0 Å². The Balaban J connectivity index is 1.94. The van der Waals surface area contributed by atoms with Crippen LogP contribution in [-0.2, 0) is 27.3 Å². The minimum atomic E-state index is -0.689. The molecule has 0 aliphatic heterocycles. The average molecular weight is 368 g/mol. The first kappa shape index (κ1) is 18.2. The van der Waals surface area contributed by atoms with Crippen molar-refractivity contribution >= 4 is 40.5 Å². The Morgan fingerprint density at radius 1 is 1.33 bits per heavy atom. The Bertz CT molecular complexity index is 703. The molecule has 0 fully saturated rings. The van der Waals surface area contributed by atoms with Crippen molar-refractivity contribution in [3.8, 4) is 0 Å². The van der Waals surface area contributed by atoms with E-state index in [1.54, 1.807) is 6.20 Å². The van der Waals surface area contributed by atoms with E-state index in [2.05, 4.69) is 15.6 Å². The van der Waals surface area contributed by atoms with Crippen LogP contribution in [0.3, 0.4) is 0 Å². The molecule has 0 aliphatic carbocycles. The Hall–Kier alpha value is -2.12. The van der Waals surface area contributed by atoms with Crippen LogP contribution in [0.25, 0.3) is 0 Å². The van der Waals surface area contributed by atoms with Gasteiger partial charge in [0.2, 0.25) is 5.91 Å². The molecule has 1 aromatic carbocycles. The molecule has 1 aromatic heterocycles. The smallest absolute Gasteiger partial charge is 0.328 e. The minimum absolute atomic E-state index is 0.271. The number of benzene rings is 1. The summed E-state index contributed by atoms with van der Waals surface area (Å²) in [5.74, 6) is -0.735. The third-order valence-corrected chi connectivity index (χ3v) is 4.36. The van der Waals surface area contributed by atoms with Crippen molar-refractivity contribution < 1.29 is 14.3 Å². The van der Waals surface area contributed by atoms with Crippen LogP contribution in [0.15, 0.2) is 30.5 Å². The van der Waals surface area contributed by atoms with Crippen LogP contribution in [0.5, 0.6) is 0 Å². The van der Waals surface area contributed by atoms with Gasteiger partial charge in [0.1, 0.15) is 6.04 Å². The predicted octanol–water partition coefficient (Wildman–Crippen LogP) is 2.63. The molecule has 1 unspecified atom stereocenters. The number of ether oxygens (including phenoxy) is 1. The summed E-state index contributed by atoms with van der Waals surface area (Å²) in [7, 11) is 1.30. The molecule has 6 nitrogen and oxygen atoms in total. The van der Waals surface area contributed by atoms with Gasteiger partial charge < -0.3 is 15.4 Å². The first-order chi connectivity index (χ1) is 11.5. The number of methoxy groups -OCH3 is 1. The number of halogens is 1. The highest BCUT2D eigenvalue weighted by Crippen LogP contribution is 2.19. The van der Waals surface area contributed by atoms with Crippen molar-refractivity contribution in [2.75, 3.05) is 12.4 Å². The average Bonchev–Trinajstić information content (AvgIpc) is 2.98. The fourth-order valence-electron chi connectivity index (χ4n) is 2.13. The molecule has 8 heteroatoms. The van der Waals surface area contributed by atoms with Crippen molar-refractivity contribution in [1.82, 2.24) is 10.3 Å². The first-order valence-corrected chi connectivity index (χ1v) is 8.45. The van der Waals surface area contributed by atoms with Crippen molar-refractivity contribution in [2.24, 2.45) is 0 Å².